The number of thiophene rings is 1. The first-order chi connectivity index (χ1) is 7.51. The van der Waals surface area contributed by atoms with Gasteiger partial charge in [-0.05, 0) is 23.8 Å². The van der Waals surface area contributed by atoms with E-state index >= 15 is 0 Å². The van der Waals surface area contributed by atoms with Crippen LogP contribution in [0.25, 0.3) is 0 Å². The van der Waals surface area contributed by atoms with E-state index in [0.717, 1.165) is 6.42 Å². The van der Waals surface area contributed by atoms with E-state index in [1.54, 1.807) is 21.8 Å². The Morgan fingerprint density at radius 2 is 2.24 bits per heavy atom. The molecule has 0 aromatic carbocycles. The molecule has 1 saturated heterocycles. The molecule has 1 aliphatic rings. The van der Waals surface area contributed by atoms with Gasteiger partial charge in [0.25, 0.3) is 10.0 Å². The van der Waals surface area contributed by atoms with E-state index in [1.165, 1.54) is 11.3 Å². The minimum atomic E-state index is -3.28. The van der Waals surface area contributed by atoms with Gasteiger partial charge < -0.3 is 5.73 Å². The molecule has 0 radical (unpaired) electrons. The van der Waals surface area contributed by atoms with Crippen LogP contribution in [0.1, 0.15) is 13.3 Å². The maximum atomic E-state index is 12.2. The monoisotopic (exact) mass is 296 g/mol. The standard InChI is InChI=1S/C10H16N2O2S2.ClH/c1-8-7-12(5-4-9(8)11)16(13,14)10-3-2-6-15-10;/h2-3,6,8-9H,4-5,7,11H2,1H3;1H. The molecule has 0 saturated carbocycles. The third-order valence-corrected chi connectivity index (χ3v) is 6.26. The predicted molar refractivity (Wildman–Crippen MR) is 72.1 cm³/mol. The van der Waals surface area contributed by atoms with Gasteiger partial charge in [-0.2, -0.15) is 4.31 Å². The molecule has 2 rings (SSSR count). The minimum absolute atomic E-state index is 0. The van der Waals surface area contributed by atoms with E-state index < -0.39 is 10.0 Å². The lowest BCUT2D eigenvalue weighted by molar-refractivity contribution is 0.250. The summed E-state index contributed by atoms with van der Waals surface area (Å²) in [6.45, 7) is 3.06. The largest absolute Gasteiger partial charge is 0.327 e. The summed E-state index contributed by atoms with van der Waals surface area (Å²) < 4.78 is 26.4. The molecule has 1 fully saturated rings. The van der Waals surface area contributed by atoms with Crippen LogP contribution >= 0.6 is 23.7 Å². The summed E-state index contributed by atoms with van der Waals surface area (Å²) in [6.07, 6.45) is 0.742. The van der Waals surface area contributed by atoms with Crippen molar-refractivity contribution < 1.29 is 8.42 Å². The third-order valence-electron chi connectivity index (χ3n) is 3.02. The molecule has 0 bridgehead atoms. The number of sulfonamides is 1. The summed E-state index contributed by atoms with van der Waals surface area (Å²) >= 11 is 1.26. The second-order valence-corrected chi connectivity index (χ2v) is 7.34. The average molecular weight is 297 g/mol. The minimum Gasteiger partial charge on any atom is -0.327 e. The molecule has 0 spiro atoms. The van der Waals surface area contributed by atoms with E-state index in [2.05, 4.69) is 0 Å². The van der Waals surface area contributed by atoms with Gasteiger partial charge in [-0.3, -0.25) is 0 Å². The Morgan fingerprint density at radius 1 is 1.53 bits per heavy atom. The van der Waals surface area contributed by atoms with Gasteiger partial charge >= 0.3 is 0 Å². The summed E-state index contributed by atoms with van der Waals surface area (Å²) in [5.74, 6) is 0.225. The number of halogens is 1. The molecule has 2 heterocycles. The topological polar surface area (TPSA) is 63.4 Å². The molecule has 1 aliphatic heterocycles. The maximum absolute atomic E-state index is 12.2. The van der Waals surface area contributed by atoms with E-state index in [4.69, 9.17) is 5.73 Å². The number of hydrogen-bond donors (Lipinski definition) is 1. The first-order valence-electron chi connectivity index (χ1n) is 5.31. The molecule has 0 aliphatic carbocycles. The number of nitrogens with two attached hydrogens (primary N) is 1. The lowest BCUT2D eigenvalue weighted by Crippen LogP contribution is -2.47. The molecule has 2 atom stereocenters. The summed E-state index contributed by atoms with van der Waals surface area (Å²) in [5.41, 5.74) is 5.88. The van der Waals surface area contributed by atoms with Crippen LogP contribution in [0.4, 0.5) is 0 Å². The van der Waals surface area contributed by atoms with Gasteiger partial charge in [-0.1, -0.05) is 13.0 Å². The number of hydrogen-bond acceptors (Lipinski definition) is 4. The van der Waals surface area contributed by atoms with Crippen molar-refractivity contribution >= 4 is 33.8 Å². The molecule has 4 nitrogen and oxygen atoms in total. The first-order valence-corrected chi connectivity index (χ1v) is 7.63. The highest BCUT2D eigenvalue weighted by Crippen LogP contribution is 2.25. The highest BCUT2D eigenvalue weighted by atomic mass is 35.5. The van der Waals surface area contributed by atoms with Crippen LogP contribution < -0.4 is 5.73 Å². The van der Waals surface area contributed by atoms with Crippen LogP contribution in [-0.4, -0.2) is 31.9 Å². The van der Waals surface area contributed by atoms with Crippen LogP contribution in [-0.2, 0) is 10.0 Å². The Hall–Kier alpha value is -0.140. The van der Waals surface area contributed by atoms with E-state index in [-0.39, 0.29) is 24.4 Å². The molecule has 2 N–H and O–H groups in total. The first kappa shape index (κ1) is 14.9. The fourth-order valence-electron chi connectivity index (χ4n) is 1.88. The second kappa shape index (κ2) is 5.67. The van der Waals surface area contributed by atoms with E-state index in [1.807, 2.05) is 6.92 Å². The normalized spacial score (nSPS) is 26.5. The number of piperidine rings is 1. The van der Waals surface area contributed by atoms with E-state index in [0.29, 0.717) is 17.3 Å². The average Bonchev–Trinajstić information content (AvgIpc) is 2.75. The summed E-state index contributed by atoms with van der Waals surface area (Å²) in [6, 6.07) is 3.53. The maximum Gasteiger partial charge on any atom is 0.252 e. The van der Waals surface area contributed by atoms with E-state index in [9.17, 15) is 8.42 Å². The van der Waals surface area contributed by atoms with Gasteiger partial charge in [0.2, 0.25) is 0 Å². The highest BCUT2D eigenvalue weighted by molar-refractivity contribution is 7.91. The zero-order valence-corrected chi connectivity index (χ0v) is 12.0. The third kappa shape index (κ3) is 3.00. The SMILES string of the molecule is CC1CN(S(=O)(=O)c2cccs2)CCC1N.Cl. The van der Waals surface area contributed by atoms with Crippen molar-refractivity contribution in [1.29, 1.82) is 0 Å². The molecular formula is C10H17ClN2O2S2. The van der Waals surface area contributed by atoms with Crippen LogP contribution in [0.5, 0.6) is 0 Å². The molecular weight excluding hydrogens is 280 g/mol. The second-order valence-electron chi connectivity index (χ2n) is 4.22. The Labute approximate surface area is 112 Å². The number of rotatable bonds is 2. The molecule has 0 amide bonds. The zero-order chi connectivity index (χ0) is 11.8. The molecule has 98 valence electrons. The Kier molecular flexibility index (Phi) is 4.97. The quantitative estimate of drug-likeness (QED) is 0.900. The molecule has 1 aromatic rings. The van der Waals surface area contributed by atoms with Crippen molar-refractivity contribution in [2.24, 2.45) is 11.7 Å². The van der Waals surface area contributed by atoms with Crippen molar-refractivity contribution in [3.05, 3.63) is 17.5 Å². The Bertz CT molecular complexity index is 447. The summed E-state index contributed by atoms with van der Waals surface area (Å²) in [7, 11) is -3.28. The molecule has 1 aromatic heterocycles. The fraction of sp³-hybridized carbons (Fsp3) is 0.600. The lowest BCUT2D eigenvalue weighted by Gasteiger charge is -2.33. The zero-order valence-electron chi connectivity index (χ0n) is 9.57. The van der Waals surface area contributed by atoms with Gasteiger partial charge in [0.1, 0.15) is 4.21 Å². The Morgan fingerprint density at radius 3 is 2.76 bits per heavy atom. The predicted octanol–water partition coefficient (Wildman–Crippen LogP) is 1.53. The smallest absolute Gasteiger partial charge is 0.252 e. The lowest BCUT2D eigenvalue weighted by atomic mass is 9.96. The van der Waals surface area contributed by atoms with Crippen LogP contribution in [0.15, 0.2) is 21.7 Å². The number of nitrogens with zero attached hydrogens (tertiary/aromatic N) is 1. The van der Waals surface area contributed by atoms with Gasteiger partial charge in [-0.15, -0.1) is 23.7 Å². The molecule has 2 unspecified atom stereocenters. The highest BCUT2D eigenvalue weighted by Gasteiger charge is 2.32. The van der Waals surface area contributed by atoms with Crippen LogP contribution in [0, 0.1) is 5.92 Å². The molecule has 17 heavy (non-hydrogen) atoms. The van der Waals surface area contributed by atoms with Gasteiger partial charge in [-0.25, -0.2) is 8.42 Å². The van der Waals surface area contributed by atoms with Crippen molar-refractivity contribution in [3.63, 3.8) is 0 Å². The van der Waals surface area contributed by atoms with Gasteiger partial charge in [0, 0.05) is 19.1 Å². The van der Waals surface area contributed by atoms with Gasteiger partial charge in [0.05, 0.1) is 0 Å². The van der Waals surface area contributed by atoms with Crippen LogP contribution in [0.3, 0.4) is 0 Å². The van der Waals surface area contributed by atoms with Crippen molar-refractivity contribution in [2.75, 3.05) is 13.1 Å². The van der Waals surface area contributed by atoms with Crippen molar-refractivity contribution in [2.45, 2.75) is 23.6 Å². The summed E-state index contributed by atoms with van der Waals surface area (Å²) in [4.78, 5) is 0. The fourth-order valence-corrected chi connectivity index (χ4v) is 4.58. The Balaban J connectivity index is 0.00000144. The van der Waals surface area contributed by atoms with Gasteiger partial charge in [0.15, 0.2) is 0 Å². The van der Waals surface area contributed by atoms with Crippen molar-refractivity contribution in [1.82, 2.24) is 4.31 Å². The molecule has 7 heteroatoms. The van der Waals surface area contributed by atoms with Crippen molar-refractivity contribution in [3.8, 4) is 0 Å². The van der Waals surface area contributed by atoms with Crippen LogP contribution in [0.2, 0.25) is 0 Å². The summed E-state index contributed by atoms with van der Waals surface area (Å²) in [5, 5.41) is 1.78.